The second-order valence-electron chi connectivity index (χ2n) is 5.96. The first-order chi connectivity index (χ1) is 14.8. The number of carbonyl (C=O) groups excluding carboxylic acids is 2. The minimum absolute atomic E-state index is 0.0340. The summed E-state index contributed by atoms with van der Waals surface area (Å²) in [6.45, 7) is 0. The van der Waals surface area contributed by atoms with Gasteiger partial charge in [0.1, 0.15) is 11.3 Å². The van der Waals surface area contributed by atoms with E-state index in [2.05, 4.69) is 15.4 Å². The quantitative estimate of drug-likeness (QED) is 0.441. The lowest BCUT2D eigenvalue weighted by Gasteiger charge is -2.13. The number of rotatable bonds is 6. The Labute approximate surface area is 172 Å². The Kier molecular flexibility index (Phi) is 6.14. The number of ether oxygens (including phenoxy) is 2. The Hall–Kier alpha value is -4.02. The van der Waals surface area contributed by atoms with Gasteiger partial charge >= 0.3 is 0 Å². The van der Waals surface area contributed by atoms with Gasteiger partial charge in [-0.2, -0.15) is 8.78 Å². The summed E-state index contributed by atoms with van der Waals surface area (Å²) in [7, 11) is 2.09. The highest BCUT2D eigenvalue weighted by molar-refractivity contribution is 6.06. The lowest BCUT2D eigenvalue weighted by Crippen LogP contribution is -2.19. The van der Waals surface area contributed by atoms with Crippen LogP contribution in [0.5, 0.6) is 11.5 Å². The second kappa shape index (κ2) is 8.78. The molecule has 7 nitrogen and oxygen atoms in total. The van der Waals surface area contributed by atoms with Crippen LogP contribution in [-0.2, 0) is 0 Å². The first kappa shape index (κ1) is 21.7. The standard InChI is InChI=1S/C20H14F4N2O5/c1-29-12-8-9(5-6-10(12)26-19(27)11-4-3-7-31-11)25-20(28)13-14(21)16(23)18(30-2)17(24)15(13)22/h3-8H,1-2H3,(H,25,28)(H,26,27). The average molecular weight is 438 g/mol. The Balaban J connectivity index is 1.87. The summed E-state index contributed by atoms with van der Waals surface area (Å²) in [4.78, 5) is 24.4. The van der Waals surface area contributed by atoms with Crippen molar-refractivity contribution in [2.45, 2.75) is 0 Å². The molecule has 0 saturated heterocycles. The fourth-order valence-corrected chi connectivity index (χ4v) is 2.65. The maximum atomic E-state index is 14.1. The molecule has 3 aromatic rings. The monoisotopic (exact) mass is 438 g/mol. The highest BCUT2D eigenvalue weighted by atomic mass is 19.2. The molecule has 3 rings (SSSR count). The number of halogens is 4. The van der Waals surface area contributed by atoms with Gasteiger partial charge in [-0.05, 0) is 24.3 Å². The molecule has 0 bridgehead atoms. The minimum Gasteiger partial charge on any atom is -0.494 e. The topological polar surface area (TPSA) is 89.8 Å². The van der Waals surface area contributed by atoms with E-state index in [-0.39, 0.29) is 22.9 Å². The van der Waals surface area contributed by atoms with Crippen LogP contribution in [0.4, 0.5) is 28.9 Å². The molecule has 0 unspecified atom stereocenters. The number of nitrogens with one attached hydrogen (secondary N) is 2. The van der Waals surface area contributed by atoms with E-state index in [9.17, 15) is 27.2 Å². The van der Waals surface area contributed by atoms with Gasteiger partial charge in [-0.3, -0.25) is 9.59 Å². The summed E-state index contributed by atoms with van der Waals surface area (Å²) < 4.78 is 70.3. The fraction of sp³-hybridized carbons (Fsp3) is 0.100. The summed E-state index contributed by atoms with van der Waals surface area (Å²) in [6.07, 6.45) is 1.31. The van der Waals surface area contributed by atoms with Crippen LogP contribution in [0.3, 0.4) is 0 Å². The molecule has 1 aromatic heterocycles. The molecule has 1 heterocycles. The number of methoxy groups -OCH3 is 2. The summed E-state index contributed by atoms with van der Waals surface area (Å²) in [5.74, 6) is -10.7. The van der Waals surface area contributed by atoms with Gasteiger partial charge in [-0.1, -0.05) is 0 Å². The third kappa shape index (κ3) is 4.15. The maximum Gasteiger partial charge on any atom is 0.291 e. The van der Waals surface area contributed by atoms with Crippen molar-refractivity contribution in [3.63, 3.8) is 0 Å². The van der Waals surface area contributed by atoms with Crippen LogP contribution in [-0.4, -0.2) is 26.0 Å². The molecule has 0 atom stereocenters. The van der Waals surface area contributed by atoms with Crippen LogP contribution in [0, 0.1) is 23.3 Å². The molecule has 0 saturated carbocycles. The van der Waals surface area contributed by atoms with Crippen molar-refractivity contribution in [3.05, 3.63) is 71.2 Å². The Morgan fingerprint density at radius 2 is 1.55 bits per heavy atom. The van der Waals surface area contributed by atoms with E-state index in [1.807, 2.05) is 0 Å². The lowest BCUT2D eigenvalue weighted by atomic mass is 10.1. The summed E-state index contributed by atoms with van der Waals surface area (Å²) in [5, 5.41) is 4.63. The van der Waals surface area contributed by atoms with E-state index >= 15 is 0 Å². The van der Waals surface area contributed by atoms with E-state index in [1.54, 1.807) is 0 Å². The van der Waals surface area contributed by atoms with Crippen molar-refractivity contribution in [2.24, 2.45) is 0 Å². The van der Waals surface area contributed by atoms with Gasteiger partial charge in [0, 0.05) is 11.8 Å². The normalized spacial score (nSPS) is 10.5. The number of benzene rings is 2. The van der Waals surface area contributed by atoms with Crippen molar-refractivity contribution in [1.29, 1.82) is 0 Å². The second-order valence-corrected chi connectivity index (χ2v) is 5.96. The summed E-state index contributed by atoms with van der Waals surface area (Å²) in [5.41, 5.74) is -1.31. The van der Waals surface area contributed by atoms with Crippen LogP contribution in [0.25, 0.3) is 0 Å². The average Bonchev–Trinajstić information content (AvgIpc) is 3.29. The van der Waals surface area contributed by atoms with Gasteiger partial charge < -0.3 is 24.5 Å². The third-order valence-electron chi connectivity index (χ3n) is 4.11. The molecule has 0 spiro atoms. The molecule has 0 radical (unpaired) electrons. The van der Waals surface area contributed by atoms with Crippen LogP contribution < -0.4 is 20.1 Å². The molecule has 0 aliphatic heterocycles. The minimum atomic E-state index is -1.91. The van der Waals surface area contributed by atoms with Gasteiger partial charge in [0.25, 0.3) is 11.8 Å². The molecule has 2 N–H and O–H groups in total. The Morgan fingerprint density at radius 1 is 0.871 bits per heavy atom. The SMILES string of the molecule is COc1cc(NC(=O)c2c(F)c(F)c(OC)c(F)c2F)ccc1NC(=O)c1ccco1. The van der Waals surface area contributed by atoms with Crippen molar-refractivity contribution < 1.29 is 41.0 Å². The van der Waals surface area contributed by atoms with E-state index in [4.69, 9.17) is 9.15 Å². The van der Waals surface area contributed by atoms with Crippen LogP contribution in [0.1, 0.15) is 20.9 Å². The van der Waals surface area contributed by atoms with Crippen molar-refractivity contribution >= 4 is 23.2 Å². The molecular weight excluding hydrogens is 424 g/mol. The molecule has 2 aromatic carbocycles. The van der Waals surface area contributed by atoms with E-state index in [0.29, 0.717) is 0 Å². The number of furan rings is 1. The Morgan fingerprint density at radius 3 is 2.10 bits per heavy atom. The lowest BCUT2D eigenvalue weighted by molar-refractivity contribution is 0.0992. The third-order valence-corrected chi connectivity index (χ3v) is 4.11. The Bertz CT molecular complexity index is 1120. The van der Waals surface area contributed by atoms with Crippen molar-refractivity contribution in [3.8, 4) is 11.5 Å². The van der Waals surface area contributed by atoms with Crippen LogP contribution >= 0.6 is 0 Å². The van der Waals surface area contributed by atoms with Gasteiger partial charge in [0.15, 0.2) is 23.1 Å². The van der Waals surface area contributed by atoms with Crippen molar-refractivity contribution in [2.75, 3.05) is 24.9 Å². The zero-order valence-electron chi connectivity index (χ0n) is 16.0. The first-order valence-electron chi connectivity index (χ1n) is 8.52. The summed E-state index contributed by atoms with van der Waals surface area (Å²) in [6, 6.07) is 6.78. The first-order valence-corrected chi connectivity index (χ1v) is 8.52. The largest absolute Gasteiger partial charge is 0.494 e. The molecule has 2 amide bonds. The zero-order chi connectivity index (χ0) is 22.7. The molecule has 11 heteroatoms. The number of hydrogen-bond acceptors (Lipinski definition) is 5. The number of carbonyl (C=O) groups is 2. The highest BCUT2D eigenvalue weighted by Gasteiger charge is 2.30. The number of anilines is 2. The van der Waals surface area contributed by atoms with E-state index in [1.165, 1.54) is 43.7 Å². The molecule has 31 heavy (non-hydrogen) atoms. The molecule has 0 aliphatic rings. The molecule has 0 fully saturated rings. The number of amides is 2. The predicted octanol–water partition coefficient (Wildman–Crippen LogP) is 4.36. The van der Waals surface area contributed by atoms with Crippen LogP contribution in [0.15, 0.2) is 41.0 Å². The summed E-state index contributed by atoms with van der Waals surface area (Å²) >= 11 is 0. The highest BCUT2D eigenvalue weighted by Crippen LogP contribution is 2.32. The molecular formula is C20H14F4N2O5. The van der Waals surface area contributed by atoms with Crippen LogP contribution in [0.2, 0.25) is 0 Å². The van der Waals surface area contributed by atoms with Gasteiger partial charge in [0.2, 0.25) is 11.6 Å². The zero-order valence-corrected chi connectivity index (χ0v) is 16.0. The van der Waals surface area contributed by atoms with E-state index in [0.717, 1.165) is 7.11 Å². The predicted molar refractivity (Wildman–Crippen MR) is 100 cm³/mol. The number of hydrogen-bond donors (Lipinski definition) is 2. The van der Waals surface area contributed by atoms with Gasteiger partial charge in [-0.15, -0.1) is 0 Å². The molecule has 162 valence electrons. The smallest absolute Gasteiger partial charge is 0.291 e. The molecule has 0 aliphatic carbocycles. The maximum absolute atomic E-state index is 14.1. The van der Waals surface area contributed by atoms with E-state index < -0.39 is 46.4 Å². The van der Waals surface area contributed by atoms with Gasteiger partial charge in [0.05, 0.1) is 26.2 Å². The van der Waals surface area contributed by atoms with Crippen molar-refractivity contribution in [1.82, 2.24) is 0 Å². The fourth-order valence-electron chi connectivity index (χ4n) is 2.65. The van der Waals surface area contributed by atoms with Gasteiger partial charge in [-0.25, -0.2) is 8.78 Å².